The predicted molar refractivity (Wildman–Crippen MR) is 120 cm³/mol. The van der Waals surface area contributed by atoms with E-state index in [0.29, 0.717) is 5.56 Å². The van der Waals surface area contributed by atoms with Gasteiger partial charge >= 0.3 is 11.9 Å². The zero-order valence-electron chi connectivity index (χ0n) is 17.4. The molecular formula is C22H17BrN4O6. The number of nitriles is 1. The number of halogens is 1. The van der Waals surface area contributed by atoms with Crippen molar-refractivity contribution in [3.8, 4) is 6.07 Å². The van der Waals surface area contributed by atoms with Crippen molar-refractivity contribution in [2.45, 2.75) is 5.92 Å². The van der Waals surface area contributed by atoms with E-state index in [9.17, 15) is 25.0 Å². The van der Waals surface area contributed by atoms with Gasteiger partial charge in [-0.15, -0.1) is 0 Å². The monoisotopic (exact) mass is 512 g/mol. The summed E-state index contributed by atoms with van der Waals surface area (Å²) in [6, 6.07) is 14.5. The van der Waals surface area contributed by atoms with Crippen LogP contribution in [0.4, 0.5) is 11.4 Å². The minimum Gasteiger partial charge on any atom is -0.466 e. The number of allylic oxidation sites excluding steroid dienone is 1. The van der Waals surface area contributed by atoms with E-state index in [0.717, 1.165) is 25.2 Å². The number of hydrogen-bond acceptors (Lipinski definition) is 9. The zero-order valence-corrected chi connectivity index (χ0v) is 19.0. The summed E-state index contributed by atoms with van der Waals surface area (Å²) in [5, 5.41) is 21.4. The van der Waals surface area contributed by atoms with Crippen LogP contribution in [0.5, 0.6) is 0 Å². The van der Waals surface area contributed by atoms with Gasteiger partial charge in [-0.2, -0.15) is 5.26 Å². The molecule has 2 aromatic carbocycles. The summed E-state index contributed by atoms with van der Waals surface area (Å²) in [5.41, 5.74) is 6.08. The lowest BCUT2D eigenvalue weighted by atomic mass is 9.81. The van der Waals surface area contributed by atoms with Crippen molar-refractivity contribution in [1.82, 2.24) is 0 Å². The number of hydrogen-bond donors (Lipinski definition) is 1. The molecule has 0 saturated heterocycles. The SMILES string of the molecule is COC(=O)C1=C(C(=O)OC)N(c2ccc(Br)c([N+](=O)[O-])c2)C(N)=C(C#N)C1c1ccccc1. The Balaban J connectivity index is 2.43. The van der Waals surface area contributed by atoms with Gasteiger partial charge < -0.3 is 15.2 Å². The van der Waals surface area contributed by atoms with E-state index in [4.69, 9.17) is 15.2 Å². The fraction of sp³-hybridized carbons (Fsp3) is 0.136. The van der Waals surface area contributed by atoms with E-state index in [-0.39, 0.29) is 38.5 Å². The van der Waals surface area contributed by atoms with Crippen LogP contribution in [0.25, 0.3) is 0 Å². The average molecular weight is 513 g/mol. The quantitative estimate of drug-likeness (QED) is 0.361. The van der Waals surface area contributed by atoms with Gasteiger partial charge in [0, 0.05) is 6.07 Å². The maximum absolute atomic E-state index is 13.0. The van der Waals surface area contributed by atoms with Crippen LogP contribution >= 0.6 is 15.9 Å². The molecule has 0 bridgehead atoms. The third kappa shape index (κ3) is 4.16. The molecule has 168 valence electrons. The summed E-state index contributed by atoms with van der Waals surface area (Å²) in [7, 11) is 2.25. The number of anilines is 1. The number of nitrogens with two attached hydrogens (primary N) is 1. The first kappa shape index (κ1) is 23.5. The molecule has 0 amide bonds. The van der Waals surface area contributed by atoms with Gasteiger partial charge in [0.1, 0.15) is 11.5 Å². The Morgan fingerprint density at radius 1 is 1.15 bits per heavy atom. The molecule has 1 unspecified atom stereocenters. The van der Waals surface area contributed by atoms with Crippen molar-refractivity contribution in [2.24, 2.45) is 5.73 Å². The second-order valence-electron chi connectivity index (χ2n) is 6.73. The summed E-state index contributed by atoms with van der Waals surface area (Å²) < 4.78 is 10.0. The van der Waals surface area contributed by atoms with Crippen LogP contribution in [0.15, 0.2) is 75.7 Å². The number of carbonyl (C=O) groups is 2. The van der Waals surface area contributed by atoms with Crippen molar-refractivity contribution in [3.05, 3.63) is 91.3 Å². The van der Waals surface area contributed by atoms with E-state index >= 15 is 0 Å². The molecular weight excluding hydrogens is 496 g/mol. The molecule has 0 aromatic heterocycles. The molecule has 10 nitrogen and oxygen atoms in total. The van der Waals surface area contributed by atoms with Crippen LogP contribution < -0.4 is 10.6 Å². The first-order valence-electron chi connectivity index (χ1n) is 9.36. The number of carbonyl (C=O) groups excluding carboxylic acids is 2. The van der Waals surface area contributed by atoms with Crippen LogP contribution in [0.3, 0.4) is 0 Å². The Hall–Kier alpha value is -4.17. The van der Waals surface area contributed by atoms with E-state index in [2.05, 4.69) is 15.9 Å². The smallest absolute Gasteiger partial charge is 0.355 e. The molecule has 1 aliphatic heterocycles. The number of nitro groups is 1. The Morgan fingerprint density at radius 3 is 2.33 bits per heavy atom. The summed E-state index contributed by atoms with van der Waals surface area (Å²) >= 11 is 3.11. The molecule has 1 atom stereocenters. The molecule has 1 aliphatic rings. The van der Waals surface area contributed by atoms with Gasteiger partial charge in [-0.05, 0) is 33.6 Å². The summed E-state index contributed by atoms with van der Waals surface area (Å²) in [6.07, 6.45) is 0. The molecule has 2 aromatic rings. The van der Waals surface area contributed by atoms with Crippen molar-refractivity contribution >= 4 is 39.2 Å². The highest BCUT2D eigenvalue weighted by Crippen LogP contribution is 2.44. The summed E-state index contributed by atoms with van der Waals surface area (Å²) in [4.78, 5) is 37.8. The Bertz CT molecular complexity index is 1250. The first-order valence-corrected chi connectivity index (χ1v) is 10.2. The highest BCUT2D eigenvalue weighted by atomic mass is 79.9. The van der Waals surface area contributed by atoms with Crippen LogP contribution in [-0.4, -0.2) is 31.1 Å². The number of esters is 2. The lowest BCUT2D eigenvalue weighted by molar-refractivity contribution is -0.385. The van der Waals surface area contributed by atoms with Gasteiger partial charge in [0.05, 0.1) is 52.4 Å². The number of rotatable bonds is 5. The molecule has 0 radical (unpaired) electrons. The van der Waals surface area contributed by atoms with Gasteiger partial charge in [-0.1, -0.05) is 30.3 Å². The summed E-state index contributed by atoms with van der Waals surface area (Å²) in [5.74, 6) is -3.04. The maximum atomic E-state index is 13.0. The van der Waals surface area contributed by atoms with Gasteiger partial charge in [0.2, 0.25) is 0 Å². The Morgan fingerprint density at radius 2 is 1.79 bits per heavy atom. The van der Waals surface area contributed by atoms with Crippen LogP contribution in [0.1, 0.15) is 11.5 Å². The molecule has 33 heavy (non-hydrogen) atoms. The van der Waals surface area contributed by atoms with E-state index in [1.807, 2.05) is 6.07 Å². The normalized spacial score (nSPS) is 15.7. The van der Waals surface area contributed by atoms with Crippen LogP contribution in [-0.2, 0) is 19.1 Å². The number of benzene rings is 2. The number of nitro benzene ring substituents is 1. The predicted octanol–water partition coefficient (Wildman–Crippen LogP) is 3.26. The second-order valence-corrected chi connectivity index (χ2v) is 7.58. The summed E-state index contributed by atoms with van der Waals surface area (Å²) in [6.45, 7) is 0. The van der Waals surface area contributed by atoms with Crippen LogP contribution in [0, 0.1) is 21.4 Å². The van der Waals surface area contributed by atoms with Gasteiger partial charge in [0.25, 0.3) is 5.69 Å². The Kier molecular flexibility index (Phi) is 6.79. The Labute approximate surface area is 196 Å². The fourth-order valence-corrected chi connectivity index (χ4v) is 3.95. The van der Waals surface area contributed by atoms with Gasteiger partial charge in [0.15, 0.2) is 0 Å². The molecule has 11 heteroatoms. The largest absolute Gasteiger partial charge is 0.466 e. The molecule has 2 N–H and O–H groups in total. The second kappa shape index (κ2) is 9.54. The number of methoxy groups -OCH3 is 2. The van der Waals surface area contributed by atoms with Gasteiger partial charge in [-0.25, -0.2) is 9.59 Å². The minimum atomic E-state index is -1.03. The minimum absolute atomic E-state index is 0.0418. The highest BCUT2D eigenvalue weighted by Gasteiger charge is 2.43. The third-order valence-electron chi connectivity index (χ3n) is 4.99. The van der Waals surface area contributed by atoms with Crippen molar-refractivity contribution in [1.29, 1.82) is 5.26 Å². The highest BCUT2D eigenvalue weighted by molar-refractivity contribution is 9.10. The molecule has 0 aliphatic carbocycles. The number of ether oxygens (including phenoxy) is 2. The van der Waals surface area contributed by atoms with Crippen molar-refractivity contribution in [2.75, 3.05) is 19.1 Å². The standard InChI is InChI=1S/C22H17BrN4O6/c1-32-21(28)18-17(12-6-4-3-5-7-12)14(11-24)20(25)26(19(18)22(29)33-2)13-8-9-15(23)16(10-13)27(30)31/h3-10,17H,25H2,1-2H3. The van der Waals surface area contributed by atoms with Gasteiger partial charge in [-0.3, -0.25) is 15.0 Å². The third-order valence-corrected chi connectivity index (χ3v) is 5.67. The zero-order chi connectivity index (χ0) is 24.3. The topological polar surface area (TPSA) is 149 Å². The molecule has 0 spiro atoms. The lowest BCUT2D eigenvalue weighted by Gasteiger charge is -2.35. The first-order chi connectivity index (χ1) is 15.8. The average Bonchev–Trinajstić information content (AvgIpc) is 2.83. The van der Waals surface area contributed by atoms with E-state index < -0.39 is 22.8 Å². The molecule has 0 fully saturated rings. The molecule has 1 heterocycles. The lowest BCUT2D eigenvalue weighted by Crippen LogP contribution is -2.40. The number of nitrogens with zero attached hydrogens (tertiary/aromatic N) is 3. The fourth-order valence-electron chi connectivity index (χ4n) is 3.56. The molecule has 0 saturated carbocycles. The maximum Gasteiger partial charge on any atom is 0.355 e. The van der Waals surface area contributed by atoms with E-state index in [1.54, 1.807) is 30.3 Å². The van der Waals surface area contributed by atoms with E-state index in [1.165, 1.54) is 12.1 Å². The van der Waals surface area contributed by atoms with Crippen LogP contribution in [0.2, 0.25) is 0 Å². The van der Waals surface area contributed by atoms with Crippen molar-refractivity contribution in [3.63, 3.8) is 0 Å². The van der Waals surface area contributed by atoms with Crippen molar-refractivity contribution < 1.29 is 24.0 Å². The molecule has 3 rings (SSSR count).